The second-order valence-corrected chi connectivity index (χ2v) is 4.85. The van der Waals surface area contributed by atoms with Crippen LogP contribution in [0.25, 0.3) is 0 Å². The summed E-state index contributed by atoms with van der Waals surface area (Å²) in [5.74, 6) is -1.52. The number of nitrogens with zero attached hydrogens (tertiary/aromatic N) is 3. The van der Waals surface area contributed by atoms with Gasteiger partial charge in [0.25, 0.3) is 0 Å². The Morgan fingerprint density at radius 2 is 2.00 bits per heavy atom. The summed E-state index contributed by atoms with van der Waals surface area (Å²) < 4.78 is 1.18. The van der Waals surface area contributed by atoms with Gasteiger partial charge in [0.2, 0.25) is 5.91 Å². The topological polar surface area (TPSA) is 126 Å². The Bertz CT molecular complexity index is 538. The lowest BCUT2D eigenvalue weighted by molar-refractivity contribution is -0.120. The average Bonchev–Trinajstić information content (AvgIpc) is 2.78. The highest BCUT2D eigenvalue weighted by Gasteiger charge is 2.19. The van der Waals surface area contributed by atoms with E-state index in [1.54, 1.807) is 6.92 Å². The third kappa shape index (κ3) is 4.86. The van der Waals surface area contributed by atoms with Gasteiger partial charge in [-0.3, -0.25) is 10.1 Å². The van der Waals surface area contributed by atoms with Crippen molar-refractivity contribution >= 4 is 17.9 Å². The molecular weight excluding hydrogens is 278 g/mol. The van der Waals surface area contributed by atoms with Crippen molar-refractivity contribution in [2.24, 2.45) is 5.92 Å². The lowest BCUT2D eigenvalue weighted by atomic mass is 10.2. The van der Waals surface area contributed by atoms with Gasteiger partial charge in [-0.2, -0.15) is 0 Å². The second kappa shape index (κ2) is 7.36. The van der Waals surface area contributed by atoms with E-state index in [0.717, 1.165) is 0 Å². The number of rotatable bonds is 6. The molecule has 0 aliphatic carbocycles. The quantitative estimate of drug-likeness (QED) is 0.679. The summed E-state index contributed by atoms with van der Waals surface area (Å²) in [4.78, 5) is 34.1. The van der Waals surface area contributed by atoms with E-state index in [0.29, 0.717) is 18.7 Å². The van der Waals surface area contributed by atoms with Crippen molar-refractivity contribution in [3.8, 4) is 0 Å². The maximum absolute atomic E-state index is 11.7. The van der Waals surface area contributed by atoms with Gasteiger partial charge in [0, 0.05) is 6.54 Å². The van der Waals surface area contributed by atoms with Gasteiger partial charge in [-0.05, 0) is 12.3 Å². The minimum atomic E-state index is -1.20. The standard InChI is InChI=1S/C12H19N5O4/c1-4-8-10(11(19)20)15-16-17(8)6-9(18)14-12(21)13-5-7(2)3/h7H,4-6H2,1-3H3,(H,19,20)(H2,13,14,18,21). The van der Waals surface area contributed by atoms with E-state index in [-0.39, 0.29) is 18.2 Å². The van der Waals surface area contributed by atoms with E-state index in [2.05, 4.69) is 20.9 Å². The SMILES string of the molecule is CCc1c(C(=O)O)nnn1CC(=O)NC(=O)NCC(C)C. The summed E-state index contributed by atoms with van der Waals surface area (Å²) in [5, 5.41) is 20.8. The summed E-state index contributed by atoms with van der Waals surface area (Å²) in [7, 11) is 0. The van der Waals surface area contributed by atoms with Crippen LogP contribution in [0.5, 0.6) is 0 Å². The fraction of sp³-hybridized carbons (Fsp3) is 0.583. The minimum Gasteiger partial charge on any atom is -0.476 e. The zero-order valence-electron chi connectivity index (χ0n) is 12.2. The van der Waals surface area contributed by atoms with Crippen LogP contribution in [0, 0.1) is 5.92 Å². The molecule has 1 aromatic heterocycles. The molecule has 0 unspecified atom stereocenters. The Kier molecular flexibility index (Phi) is 5.82. The van der Waals surface area contributed by atoms with Crippen LogP contribution in [-0.4, -0.2) is 44.6 Å². The normalized spacial score (nSPS) is 10.5. The molecule has 0 bridgehead atoms. The molecule has 3 amide bonds. The number of carbonyl (C=O) groups excluding carboxylic acids is 2. The Hall–Kier alpha value is -2.45. The number of amides is 3. The minimum absolute atomic E-state index is 0.186. The van der Waals surface area contributed by atoms with Gasteiger partial charge < -0.3 is 10.4 Å². The molecule has 0 fully saturated rings. The van der Waals surface area contributed by atoms with Gasteiger partial charge in [-0.15, -0.1) is 5.10 Å². The van der Waals surface area contributed by atoms with Crippen LogP contribution in [0.1, 0.15) is 37.0 Å². The Labute approximate surface area is 121 Å². The van der Waals surface area contributed by atoms with Crippen LogP contribution >= 0.6 is 0 Å². The summed E-state index contributed by atoms with van der Waals surface area (Å²) in [6.45, 7) is 5.77. The number of imide groups is 1. The molecular formula is C12H19N5O4. The van der Waals surface area contributed by atoms with Gasteiger partial charge in [-0.25, -0.2) is 14.3 Å². The molecule has 3 N–H and O–H groups in total. The number of aromatic carboxylic acids is 1. The van der Waals surface area contributed by atoms with Gasteiger partial charge in [0.05, 0.1) is 5.69 Å². The zero-order chi connectivity index (χ0) is 16.0. The number of nitrogens with one attached hydrogen (secondary N) is 2. The molecule has 0 aromatic carbocycles. The van der Waals surface area contributed by atoms with E-state index in [1.165, 1.54) is 4.68 Å². The Morgan fingerprint density at radius 1 is 1.33 bits per heavy atom. The fourth-order valence-corrected chi connectivity index (χ4v) is 1.62. The van der Waals surface area contributed by atoms with E-state index in [9.17, 15) is 14.4 Å². The first-order chi connectivity index (χ1) is 9.85. The number of urea groups is 1. The van der Waals surface area contributed by atoms with Crippen molar-refractivity contribution in [1.29, 1.82) is 0 Å². The van der Waals surface area contributed by atoms with Crippen LogP contribution in [0.4, 0.5) is 4.79 Å². The summed E-state index contributed by atoms with van der Waals surface area (Å²) >= 11 is 0. The lowest BCUT2D eigenvalue weighted by Crippen LogP contribution is -2.42. The number of carbonyl (C=O) groups is 3. The number of hydrogen-bond donors (Lipinski definition) is 3. The third-order valence-corrected chi connectivity index (χ3v) is 2.59. The van der Waals surface area contributed by atoms with Gasteiger partial charge in [-0.1, -0.05) is 26.0 Å². The molecule has 0 aliphatic rings. The summed E-state index contributed by atoms with van der Waals surface area (Å²) in [6, 6.07) is -0.592. The first kappa shape index (κ1) is 16.6. The Morgan fingerprint density at radius 3 is 2.52 bits per heavy atom. The van der Waals surface area contributed by atoms with Gasteiger partial charge in [0.1, 0.15) is 6.54 Å². The van der Waals surface area contributed by atoms with Crippen LogP contribution in [0.3, 0.4) is 0 Å². The number of hydrogen-bond acceptors (Lipinski definition) is 5. The molecule has 0 saturated carbocycles. The molecule has 1 aromatic rings. The largest absolute Gasteiger partial charge is 0.476 e. The second-order valence-electron chi connectivity index (χ2n) is 4.85. The van der Waals surface area contributed by atoms with Crippen molar-refractivity contribution in [2.45, 2.75) is 33.7 Å². The van der Waals surface area contributed by atoms with Gasteiger partial charge in [0.15, 0.2) is 5.69 Å². The predicted octanol–water partition coefficient (Wildman–Crippen LogP) is 0.0205. The maximum Gasteiger partial charge on any atom is 0.358 e. The number of aromatic nitrogens is 3. The molecule has 0 radical (unpaired) electrons. The molecule has 1 rings (SSSR count). The monoisotopic (exact) mass is 297 g/mol. The van der Waals surface area contributed by atoms with Crippen LogP contribution in [-0.2, 0) is 17.8 Å². The van der Waals surface area contributed by atoms with Crippen molar-refractivity contribution in [3.05, 3.63) is 11.4 Å². The molecule has 0 atom stereocenters. The highest BCUT2D eigenvalue weighted by molar-refractivity contribution is 5.94. The van der Waals surface area contributed by atoms with Crippen LogP contribution < -0.4 is 10.6 Å². The molecule has 21 heavy (non-hydrogen) atoms. The summed E-state index contributed by atoms with van der Waals surface area (Å²) in [6.07, 6.45) is 0.363. The molecule has 1 heterocycles. The van der Waals surface area contributed by atoms with Crippen molar-refractivity contribution in [1.82, 2.24) is 25.6 Å². The number of carboxylic acid groups (broad SMARTS) is 1. The molecule has 116 valence electrons. The first-order valence-corrected chi connectivity index (χ1v) is 6.58. The molecule has 0 saturated heterocycles. The maximum atomic E-state index is 11.7. The summed E-state index contributed by atoms with van der Waals surface area (Å²) in [5.41, 5.74) is 0.148. The smallest absolute Gasteiger partial charge is 0.358 e. The molecule has 0 aliphatic heterocycles. The van der Waals surface area contributed by atoms with Crippen LogP contribution in [0.2, 0.25) is 0 Å². The van der Waals surface area contributed by atoms with Crippen molar-refractivity contribution in [3.63, 3.8) is 0 Å². The fourth-order valence-electron chi connectivity index (χ4n) is 1.62. The highest BCUT2D eigenvalue weighted by atomic mass is 16.4. The number of carboxylic acids is 1. The molecule has 0 spiro atoms. The highest BCUT2D eigenvalue weighted by Crippen LogP contribution is 2.06. The zero-order valence-corrected chi connectivity index (χ0v) is 12.2. The van der Waals surface area contributed by atoms with Crippen molar-refractivity contribution in [2.75, 3.05) is 6.54 Å². The first-order valence-electron chi connectivity index (χ1n) is 6.58. The van der Waals surface area contributed by atoms with E-state index >= 15 is 0 Å². The van der Waals surface area contributed by atoms with E-state index in [4.69, 9.17) is 5.11 Å². The molecule has 9 heteroatoms. The van der Waals surface area contributed by atoms with E-state index < -0.39 is 17.9 Å². The lowest BCUT2D eigenvalue weighted by Gasteiger charge is -2.09. The van der Waals surface area contributed by atoms with Gasteiger partial charge >= 0.3 is 12.0 Å². The van der Waals surface area contributed by atoms with E-state index in [1.807, 2.05) is 13.8 Å². The van der Waals surface area contributed by atoms with Crippen molar-refractivity contribution < 1.29 is 19.5 Å². The average molecular weight is 297 g/mol. The third-order valence-electron chi connectivity index (χ3n) is 2.59. The van der Waals surface area contributed by atoms with Crippen LogP contribution in [0.15, 0.2) is 0 Å². The molecule has 9 nitrogen and oxygen atoms in total. The Balaban J connectivity index is 2.63. The predicted molar refractivity (Wildman–Crippen MR) is 72.7 cm³/mol.